The topological polar surface area (TPSA) is 110 Å². The molecule has 2 atom stereocenters. The van der Waals surface area contributed by atoms with Crippen molar-refractivity contribution in [2.45, 2.75) is 63.5 Å². The van der Waals surface area contributed by atoms with Gasteiger partial charge in [-0.05, 0) is 82.4 Å². The first-order valence-electron chi connectivity index (χ1n) is 11.9. The Labute approximate surface area is 198 Å². The lowest BCUT2D eigenvalue weighted by Gasteiger charge is -2.62. The van der Waals surface area contributed by atoms with Gasteiger partial charge in [-0.3, -0.25) is 19.4 Å². The number of aromatic nitrogens is 2. The average Bonchev–Trinajstić information content (AvgIpc) is 2.76. The fourth-order valence-corrected chi connectivity index (χ4v) is 6.66. The van der Waals surface area contributed by atoms with Crippen LogP contribution in [0.3, 0.4) is 0 Å². The summed E-state index contributed by atoms with van der Waals surface area (Å²) in [6.45, 7) is 3.26. The highest BCUT2D eigenvalue weighted by atomic mass is 16.5. The number of nitrogens with zero attached hydrogens (tertiary/aromatic N) is 2. The molecule has 1 aromatic carbocycles. The first-order chi connectivity index (χ1) is 16.2. The van der Waals surface area contributed by atoms with E-state index in [0.717, 1.165) is 32.1 Å². The molecule has 178 valence electrons. The Kier molecular flexibility index (Phi) is 5.62. The van der Waals surface area contributed by atoms with E-state index in [-0.39, 0.29) is 35.3 Å². The highest BCUT2D eigenvalue weighted by Gasteiger charge is 2.58. The molecule has 0 saturated heterocycles. The largest absolute Gasteiger partial charge is 0.486 e. The van der Waals surface area contributed by atoms with Gasteiger partial charge in [0.25, 0.3) is 11.8 Å². The number of hydrogen-bond donors (Lipinski definition) is 2. The molecule has 6 rings (SSSR count). The minimum absolute atomic E-state index is 0.0219. The van der Waals surface area contributed by atoms with E-state index in [2.05, 4.69) is 20.6 Å². The van der Waals surface area contributed by atoms with Crippen LogP contribution in [0.5, 0.6) is 5.75 Å². The molecule has 8 heteroatoms. The third-order valence-electron chi connectivity index (χ3n) is 7.34. The summed E-state index contributed by atoms with van der Waals surface area (Å²) in [6, 6.07) is 6.93. The number of amides is 2. The van der Waals surface area contributed by atoms with Gasteiger partial charge in [-0.15, -0.1) is 0 Å². The van der Waals surface area contributed by atoms with Crippen molar-refractivity contribution in [3.8, 4) is 5.75 Å². The van der Waals surface area contributed by atoms with Gasteiger partial charge >= 0.3 is 0 Å². The number of Topliss-reactive ketones (excluding diaryl/α,β-unsaturated/α-hetero) is 1. The summed E-state index contributed by atoms with van der Waals surface area (Å²) >= 11 is 0. The van der Waals surface area contributed by atoms with Crippen molar-refractivity contribution in [1.29, 1.82) is 0 Å². The molecule has 34 heavy (non-hydrogen) atoms. The molecule has 1 heterocycles. The van der Waals surface area contributed by atoms with E-state index in [4.69, 9.17) is 4.74 Å². The van der Waals surface area contributed by atoms with Crippen LogP contribution in [0.4, 0.5) is 0 Å². The van der Waals surface area contributed by atoms with Crippen LogP contribution in [0.15, 0.2) is 36.7 Å². The van der Waals surface area contributed by atoms with Gasteiger partial charge < -0.3 is 15.4 Å². The minimum atomic E-state index is -0.344. The molecule has 2 unspecified atom stereocenters. The third-order valence-corrected chi connectivity index (χ3v) is 7.34. The molecule has 4 aliphatic carbocycles. The molecule has 2 aromatic rings. The van der Waals surface area contributed by atoms with E-state index in [9.17, 15) is 14.4 Å². The molecule has 4 fully saturated rings. The average molecular weight is 463 g/mol. The number of benzene rings is 1. The molecule has 0 spiro atoms. The number of nitrogens with one attached hydrogen (secondary N) is 2. The predicted molar refractivity (Wildman–Crippen MR) is 124 cm³/mol. The van der Waals surface area contributed by atoms with Gasteiger partial charge in [-0.2, -0.15) is 0 Å². The zero-order chi connectivity index (χ0) is 23.9. The van der Waals surface area contributed by atoms with Crippen molar-refractivity contribution in [3.63, 3.8) is 0 Å². The van der Waals surface area contributed by atoms with Crippen molar-refractivity contribution in [2.24, 2.45) is 11.8 Å². The normalized spacial score (nSPS) is 28.9. The summed E-state index contributed by atoms with van der Waals surface area (Å²) in [4.78, 5) is 46.0. The Bertz CT molecular complexity index is 1130. The van der Waals surface area contributed by atoms with E-state index in [1.165, 1.54) is 13.1 Å². The Morgan fingerprint density at radius 1 is 1.03 bits per heavy atom. The zero-order valence-electron chi connectivity index (χ0n) is 19.6. The lowest BCUT2D eigenvalue weighted by molar-refractivity contribution is -0.118. The van der Waals surface area contributed by atoms with E-state index in [0.29, 0.717) is 41.0 Å². The summed E-state index contributed by atoms with van der Waals surface area (Å²) in [6.07, 6.45) is 8.71. The molecule has 4 bridgehead atoms. The fourth-order valence-electron chi connectivity index (χ4n) is 6.66. The van der Waals surface area contributed by atoms with E-state index in [1.54, 1.807) is 30.5 Å². The number of carbonyl (C=O) groups is 3. The Morgan fingerprint density at radius 2 is 1.71 bits per heavy atom. The smallest absolute Gasteiger partial charge is 0.271 e. The molecule has 8 nitrogen and oxygen atoms in total. The maximum absolute atomic E-state index is 13.3. The molecule has 1 aromatic heterocycles. The van der Waals surface area contributed by atoms with Crippen molar-refractivity contribution in [1.82, 2.24) is 20.6 Å². The SMILES string of the molecule is CC(=O)COc1cccc(C(=O)NC23CC4CC(C2)CC(NC(=O)c2cncc(C)n2)(C4)C3)c1. The molecule has 4 aliphatic rings. The van der Waals surface area contributed by atoms with Crippen LogP contribution in [0.2, 0.25) is 0 Å². The quantitative estimate of drug-likeness (QED) is 0.655. The second-order valence-electron chi connectivity index (χ2n) is 10.5. The molecule has 0 aliphatic heterocycles. The fraction of sp³-hybridized carbons (Fsp3) is 0.500. The summed E-state index contributed by atoms with van der Waals surface area (Å²) in [5.41, 5.74) is 0.854. The lowest BCUT2D eigenvalue weighted by atomic mass is 9.49. The highest BCUT2D eigenvalue weighted by molar-refractivity contribution is 5.95. The van der Waals surface area contributed by atoms with Crippen LogP contribution in [-0.4, -0.2) is 45.3 Å². The minimum Gasteiger partial charge on any atom is -0.486 e. The summed E-state index contributed by atoms with van der Waals surface area (Å²) in [5.74, 6) is 1.01. The van der Waals surface area contributed by atoms with Crippen molar-refractivity contribution >= 4 is 17.6 Å². The first kappa shape index (κ1) is 22.5. The van der Waals surface area contributed by atoms with Crippen LogP contribution >= 0.6 is 0 Å². The van der Waals surface area contributed by atoms with Crippen LogP contribution in [0, 0.1) is 18.8 Å². The lowest BCUT2D eigenvalue weighted by Crippen LogP contribution is -2.69. The zero-order valence-corrected chi connectivity index (χ0v) is 19.6. The van der Waals surface area contributed by atoms with E-state index >= 15 is 0 Å². The monoisotopic (exact) mass is 462 g/mol. The first-order valence-corrected chi connectivity index (χ1v) is 11.9. The van der Waals surface area contributed by atoms with Crippen LogP contribution in [0.1, 0.15) is 72.0 Å². The second kappa shape index (κ2) is 8.49. The van der Waals surface area contributed by atoms with Gasteiger partial charge in [-0.25, -0.2) is 4.98 Å². The summed E-state index contributed by atoms with van der Waals surface area (Å²) in [5, 5.41) is 6.64. The highest BCUT2D eigenvalue weighted by Crippen LogP contribution is 2.57. The molecule has 4 saturated carbocycles. The maximum Gasteiger partial charge on any atom is 0.271 e. The van der Waals surface area contributed by atoms with Gasteiger partial charge in [0.05, 0.1) is 11.9 Å². The maximum atomic E-state index is 13.3. The van der Waals surface area contributed by atoms with Crippen LogP contribution in [0.25, 0.3) is 0 Å². The number of ether oxygens (including phenoxy) is 1. The van der Waals surface area contributed by atoms with Gasteiger partial charge in [0, 0.05) is 22.8 Å². The Morgan fingerprint density at radius 3 is 2.35 bits per heavy atom. The van der Waals surface area contributed by atoms with Gasteiger partial charge in [0.1, 0.15) is 18.1 Å². The molecule has 2 N–H and O–H groups in total. The third kappa shape index (κ3) is 4.54. The molecular formula is C26H30N4O4. The van der Waals surface area contributed by atoms with E-state index < -0.39 is 0 Å². The number of aryl methyl sites for hydroxylation is 1. The number of rotatable bonds is 7. The van der Waals surface area contributed by atoms with Crippen molar-refractivity contribution in [3.05, 3.63) is 53.6 Å². The van der Waals surface area contributed by atoms with Gasteiger partial charge in [-0.1, -0.05) is 6.07 Å². The standard InChI is InChI=1S/C26H30N4O4/c1-16-12-27-13-22(28-16)24(33)30-26-10-18-6-19(11-26)9-25(8-18,15-26)29-23(32)20-4-3-5-21(7-20)34-14-17(2)31/h3-5,7,12-13,18-19H,6,8-11,14-15H2,1-2H3,(H,29,32)(H,30,33). The molecule has 2 amide bonds. The summed E-state index contributed by atoms with van der Waals surface area (Å²) < 4.78 is 5.47. The Hall–Kier alpha value is -3.29. The number of hydrogen-bond acceptors (Lipinski definition) is 6. The molecule has 0 radical (unpaired) electrons. The predicted octanol–water partition coefficient (Wildman–Crippen LogP) is 3.00. The van der Waals surface area contributed by atoms with E-state index in [1.807, 2.05) is 6.92 Å². The van der Waals surface area contributed by atoms with Gasteiger partial charge in [0.2, 0.25) is 0 Å². The summed E-state index contributed by atoms with van der Waals surface area (Å²) in [7, 11) is 0. The Balaban J connectivity index is 1.33. The van der Waals surface area contributed by atoms with Crippen molar-refractivity contribution < 1.29 is 19.1 Å². The van der Waals surface area contributed by atoms with Gasteiger partial charge in [0.15, 0.2) is 5.78 Å². The second-order valence-corrected chi connectivity index (χ2v) is 10.5. The van der Waals surface area contributed by atoms with Crippen molar-refractivity contribution in [2.75, 3.05) is 6.61 Å². The number of ketones is 1. The van der Waals surface area contributed by atoms with Crippen LogP contribution < -0.4 is 15.4 Å². The number of carbonyl (C=O) groups excluding carboxylic acids is 3. The molecular weight excluding hydrogens is 432 g/mol. The van der Waals surface area contributed by atoms with Crippen LogP contribution in [-0.2, 0) is 4.79 Å².